The van der Waals surface area contributed by atoms with E-state index in [-0.39, 0.29) is 12.1 Å². The first-order chi connectivity index (χ1) is 10.1. The number of hydrogen-bond acceptors (Lipinski definition) is 3. The predicted molar refractivity (Wildman–Crippen MR) is 86.5 cm³/mol. The van der Waals surface area contributed by atoms with E-state index in [0.717, 1.165) is 40.9 Å². The zero-order valence-corrected chi connectivity index (χ0v) is 13.9. The molecule has 4 nitrogen and oxygen atoms in total. The van der Waals surface area contributed by atoms with Crippen LogP contribution in [0.3, 0.4) is 0 Å². The van der Waals surface area contributed by atoms with Crippen LogP contribution in [0.25, 0.3) is 0 Å². The van der Waals surface area contributed by atoms with Crippen LogP contribution in [0.5, 0.6) is 5.75 Å². The SMILES string of the molecule is CCc1nn(C)c(CC(N)C2Cc3ccccc3O2)c1Br. The van der Waals surface area contributed by atoms with Crippen molar-refractivity contribution in [1.82, 2.24) is 9.78 Å². The number of para-hydroxylation sites is 1. The highest BCUT2D eigenvalue weighted by Crippen LogP contribution is 2.30. The number of halogens is 1. The standard InChI is InChI=1S/C16H20BrN3O/c1-3-12-16(17)13(20(2)19-12)9-11(18)15-8-10-6-4-5-7-14(10)21-15/h4-7,11,15H,3,8-9,18H2,1-2H3. The van der Waals surface area contributed by atoms with E-state index in [0.29, 0.717) is 0 Å². The Balaban J connectivity index is 1.74. The van der Waals surface area contributed by atoms with Crippen molar-refractivity contribution in [3.8, 4) is 5.75 Å². The van der Waals surface area contributed by atoms with Crippen LogP contribution in [0.1, 0.15) is 23.9 Å². The van der Waals surface area contributed by atoms with Gasteiger partial charge in [-0.25, -0.2) is 0 Å². The first kappa shape index (κ1) is 14.6. The summed E-state index contributed by atoms with van der Waals surface area (Å²) in [5.41, 5.74) is 9.86. The van der Waals surface area contributed by atoms with Crippen molar-refractivity contribution in [2.75, 3.05) is 0 Å². The second-order valence-electron chi connectivity index (χ2n) is 5.52. The summed E-state index contributed by atoms with van der Waals surface area (Å²) in [6.45, 7) is 2.10. The third-order valence-corrected chi connectivity index (χ3v) is 5.00. The highest BCUT2D eigenvalue weighted by molar-refractivity contribution is 9.10. The average molecular weight is 350 g/mol. The molecule has 2 N–H and O–H groups in total. The fourth-order valence-electron chi connectivity index (χ4n) is 2.84. The average Bonchev–Trinajstić information content (AvgIpc) is 3.03. The number of aromatic nitrogens is 2. The van der Waals surface area contributed by atoms with E-state index in [4.69, 9.17) is 10.5 Å². The van der Waals surface area contributed by atoms with Crippen LogP contribution in [0.15, 0.2) is 28.7 Å². The van der Waals surface area contributed by atoms with Crippen LogP contribution in [0.4, 0.5) is 0 Å². The van der Waals surface area contributed by atoms with E-state index >= 15 is 0 Å². The normalized spacial score (nSPS) is 18.4. The molecule has 2 unspecified atom stereocenters. The minimum Gasteiger partial charge on any atom is -0.488 e. The Morgan fingerprint density at radius 2 is 2.24 bits per heavy atom. The first-order valence-electron chi connectivity index (χ1n) is 7.30. The van der Waals surface area contributed by atoms with Gasteiger partial charge in [0.15, 0.2) is 0 Å². The third-order valence-electron chi connectivity index (χ3n) is 4.08. The minimum atomic E-state index is -0.0474. The lowest BCUT2D eigenvalue weighted by atomic mass is 10.0. The largest absolute Gasteiger partial charge is 0.488 e. The molecule has 0 spiro atoms. The molecule has 0 aliphatic carbocycles. The maximum absolute atomic E-state index is 6.39. The first-order valence-corrected chi connectivity index (χ1v) is 8.09. The Morgan fingerprint density at radius 1 is 1.48 bits per heavy atom. The highest BCUT2D eigenvalue weighted by Gasteiger charge is 2.29. The topological polar surface area (TPSA) is 53.1 Å². The smallest absolute Gasteiger partial charge is 0.123 e. The molecule has 2 heterocycles. The van der Waals surface area contributed by atoms with Crippen LogP contribution < -0.4 is 10.5 Å². The van der Waals surface area contributed by atoms with Crippen molar-refractivity contribution in [3.63, 3.8) is 0 Å². The quantitative estimate of drug-likeness (QED) is 0.922. The molecule has 2 atom stereocenters. The molecule has 112 valence electrons. The molecular formula is C16H20BrN3O. The van der Waals surface area contributed by atoms with Gasteiger partial charge < -0.3 is 10.5 Å². The molecule has 0 saturated heterocycles. The van der Waals surface area contributed by atoms with Crippen LogP contribution in [0, 0.1) is 0 Å². The van der Waals surface area contributed by atoms with Gasteiger partial charge in [-0.2, -0.15) is 5.10 Å². The molecule has 2 aromatic rings. The van der Waals surface area contributed by atoms with Crippen molar-refractivity contribution in [2.45, 2.75) is 38.3 Å². The summed E-state index contributed by atoms with van der Waals surface area (Å²) in [4.78, 5) is 0. The van der Waals surface area contributed by atoms with Crippen LogP contribution in [-0.2, 0) is 26.3 Å². The molecule has 0 saturated carbocycles. The number of hydrogen-bond donors (Lipinski definition) is 1. The van der Waals surface area contributed by atoms with E-state index in [1.54, 1.807) is 0 Å². The monoisotopic (exact) mass is 349 g/mol. The van der Waals surface area contributed by atoms with E-state index in [9.17, 15) is 0 Å². The Bertz CT molecular complexity index is 628. The van der Waals surface area contributed by atoms with Gasteiger partial charge in [-0.1, -0.05) is 25.1 Å². The molecule has 0 amide bonds. The summed E-state index contributed by atoms with van der Waals surface area (Å²) >= 11 is 3.65. The zero-order valence-electron chi connectivity index (χ0n) is 12.3. The van der Waals surface area contributed by atoms with Gasteiger partial charge in [0.2, 0.25) is 0 Å². The highest BCUT2D eigenvalue weighted by atomic mass is 79.9. The van der Waals surface area contributed by atoms with Gasteiger partial charge in [-0.05, 0) is 34.0 Å². The van der Waals surface area contributed by atoms with Crippen molar-refractivity contribution >= 4 is 15.9 Å². The lowest BCUT2D eigenvalue weighted by molar-refractivity contribution is 0.197. The molecule has 1 aliphatic heterocycles. The van der Waals surface area contributed by atoms with Gasteiger partial charge in [0.05, 0.1) is 15.9 Å². The third kappa shape index (κ3) is 2.72. The molecular weight excluding hydrogens is 330 g/mol. The van der Waals surface area contributed by atoms with E-state index in [1.165, 1.54) is 5.56 Å². The van der Waals surface area contributed by atoms with Gasteiger partial charge in [-0.15, -0.1) is 0 Å². The van der Waals surface area contributed by atoms with E-state index in [1.807, 2.05) is 29.9 Å². The minimum absolute atomic E-state index is 0.0364. The lowest BCUT2D eigenvalue weighted by Crippen LogP contribution is -2.40. The number of fused-ring (bicyclic) bond motifs is 1. The fourth-order valence-corrected chi connectivity index (χ4v) is 3.62. The summed E-state index contributed by atoms with van der Waals surface area (Å²) in [6, 6.07) is 8.11. The zero-order chi connectivity index (χ0) is 15.0. The summed E-state index contributed by atoms with van der Waals surface area (Å²) in [6.07, 6.45) is 2.58. The number of benzene rings is 1. The number of aryl methyl sites for hydroxylation is 2. The number of nitrogens with zero attached hydrogens (tertiary/aromatic N) is 2. The summed E-state index contributed by atoms with van der Waals surface area (Å²) in [5, 5.41) is 4.52. The summed E-state index contributed by atoms with van der Waals surface area (Å²) < 4.78 is 8.99. The Morgan fingerprint density at radius 3 is 2.90 bits per heavy atom. The Labute approximate surface area is 133 Å². The molecule has 5 heteroatoms. The molecule has 0 radical (unpaired) electrons. The van der Waals surface area contributed by atoms with Crippen molar-refractivity contribution < 1.29 is 4.74 Å². The van der Waals surface area contributed by atoms with Crippen LogP contribution >= 0.6 is 15.9 Å². The molecule has 0 bridgehead atoms. The van der Waals surface area contributed by atoms with Gasteiger partial charge in [-0.3, -0.25) is 4.68 Å². The van der Waals surface area contributed by atoms with Crippen LogP contribution in [-0.4, -0.2) is 21.9 Å². The van der Waals surface area contributed by atoms with Gasteiger partial charge in [0.25, 0.3) is 0 Å². The molecule has 0 fully saturated rings. The summed E-state index contributed by atoms with van der Waals surface area (Å²) in [7, 11) is 1.97. The Hall–Kier alpha value is -1.33. The maximum Gasteiger partial charge on any atom is 0.123 e. The number of ether oxygens (including phenoxy) is 1. The van der Waals surface area contributed by atoms with Crippen molar-refractivity contribution in [2.24, 2.45) is 12.8 Å². The fraction of sp³-hybridized carbons (Fsp3) is 0.438. The van der Waals surface area contributed by atoms with Gasteiger partial charge in [0.1, 0.15) is 11.9 Å². The van der Waals surface area contributed by atoms with Crippen molar-refractivity contribution in [3.05, 3.63) is 45.7 Å². The lowest BCUT2D eigenvalue weighted by Gasteiger charge is -2.19. The molecule has 1 aliphatic rings. The van der Waals surface area contributed by atoms with Crippen LogP contribution in [0.2, 0.25) is 0 Å². The number of nitrogens with two attached hydrogens (primary N) is 1. The second-order valence-corrected chi connectivity index (χ2v) is 6.31. The second kappa shape index (κ2) is 5.81. The summed E-state index contributed by atoms with van der Waals surface area (Å²) in [5.74, 6) is 0.969. The Kier molecular flexibility index (Phi) is 4.04. The van der Waals surface area contributed by atoms with E-state index in [2.05, 4.69) is 34.0 Å². The maximum atomic E-state index is 6.39. The molecule has 21 heavy (non-hydrogen) atoms. The number of rotatable bonds is 4. The van der Waals surface area contributed by atoms with E-state index < -0.39 is 0 Å². The van der Waals surface area contributed by atoms with Gasteiger partial charge in [0, 0.05) is 25.9 Å². The molecule has 3 rings (SSSR count). The van der Waals surface area contributed by atoms with Gasteiger partial charge >= 0.3 is 0 Å². The molecule has 1 aromatic heterocycles. The predicted octanol–water partition coefficient (Wildman–Crippen LogP) is 2.62. The molecule has 1 aromatic carbocycles. The van der Waals surface area contributed by atoms with Crippen molar-refractivity contribution in [1.29, 1.82) is 0 Å².